The van der Waals surface area contributed by atoms with E-state index in [9.17, 15) is 9.18 Å². The van der Waals surface area contributed by atoms with Crippen LogP contribution in [0.15, 0.2) is 12.1 Å². The van der Waals surface area contributed by atoms with Gasteiger partial charge >= 0.3 is 0 Å². The number of nitrogens with zero attached hydrogens (tertiary/aromatic N) is 3. The lowest BCUT2D eigenvalue weighted by Crippen LogP contribution is -2.26. The third-order valence-corrected chi connectivity index (χ3v) is 3.44. The van der Waals surface area contributed by atoms with Crippen molar-refractivity contribution in [3.05, 3.63) is 21.5 Å². The van der Waals surface area contributed by atoms with Gasteiger partial charge in [-0.2, -0.15) is 0 Å². The molecule has 1 heterocycles. The van der Waals surface area contributed by atoms with Crippen LogP contribution in [0.3, 0.4) is 0 Å². The number of amides is 1. The molecule has 7 heteroatoms. The van der Waals surface area contributed by atoms with Crippen LogP contribution in [-0.2, 0) is 11.3 Å². The number of aromatic nitrogens is 2. The molecule has 2 rings (SSSR count). The number of halogens is 2. The van der Waals surface area contributed by atoms with Crippen molar-refractivity contribution in [2.24, 2.45) is 0 Å². The Labute approximate surface area is 117 Å². The molecule has 0 aliphatic carbocycles. The first-order valence-electron chi connectivity index (χ1n) is 5.21. The maximum atomic E-state index is 13.5. The molecule has 0 fully saturated rings. The number of nitrogens with two attached hydrogens (primary N) is 1. The Balaban J connectivity index is 2.53. The Bertz CT molecular complexity index is 623. The molecule has 0 spiro atoms. The largest absolute Gasteiger partial charge is 0.369 e. The van der Waals surface area contributed by atoms with Gasteiger partial charge in [0.15, 0.2) is 0 Å². The molecule has 1 aromatic heterocycles. The van der Waals surface area contributed by atoms with Crippen LogP contribution in [0.5, 0.6) is 0 Å². The summed E-state index contributed by atoms with van der Waals surface area (Å²) in [5, 5.41) is 0. The van der Waals surface area contributed by atoms with Crippen molar-refractivity contribution in [2.75, 3.05) is 19.8 Å². The fourth-order valence-corrected chi connectivity index (χ4v) is 2.03. The highest BCUT2D eigenvalue weighted by Gasteiger charge is 2.14. The van der Waals surface area contributed by atoms with Gasteiger partial charge in [-0.25, -0.2) is 9.37 Å². The van der Waals surface area contributed by atoms with Gasteiger partial charge in [0.05, 0.1) is 14.6 Å². The molecule has 0 saturated carbocycles. The normalized spacial score (nSPS) is 10.9. The minimum atomic E-state index is -0.346. The smallest absolute Gasteiger partial charge is 0.242 e. The van der Waals surface area contributed by atoms with E-state index < -0.39 is 0 Å². The number of imidazole rings is 1. The number of likely N-dealkylation sites (N-methyl/N-ethyl adjacent to an activating group) is 1. The first-order valence-corrected chi connectivity index (χ1v) is 6.29. The Morgan fingerprint density at radius 2 is 2.22 bits per heavy atom. The Kier molecular flexibility index (Phi) is 3.42. The van der Waals surface area contributed by atoms with Crippen LogP contribution in [0.2, 0.25) is 0 Å². The van der Waals surface area contributed by atoms with Gasteiger partial charge in [0.25, 0.3) is 0 Å². The predicted octanol–water partition coefficient (Wildman–Crippen LogP) is 1.45. The maximum absolute atomic E-state index is 13.5. The van der Waals surface area contributed by atoms with Crippen molar-refractivity contribution in [3.63, 3.8) is 0 Å². The summed E-state index contributed by atoms with van der Waals surface area (Å²) in [7, 11) is 3.31. The van der Waals surface area contributed by atoms with Crippen molar-refractivity contribution in [3.8, 4) is 0 Å². The zero-order valence-corrected chi connectivity index (χ0v) is 12.1. The second-order valence-corrected chi connectivity index (χ2v) is 5.26. The summed E-state index contributed by atoms with van der Waals surface area (Å²) in [6.45, 7) is 0.0510. The summed E-state index contributed by atoms with van der Waals surface area (Å²) in [5.41, 5.74) is 6.87. The van der Waals surface area contributed by atoms with Gasteiger partial charge in [-0.1, -0.05) is 0 Å². The molecule has 1 amide bonds. The molecule has 0 radical (unpaired) electrons. The lowest BCUT2D eigenvalue weighted by atomic mass is 10.3. The minimum Gasteiger partial charge on any atom is -0.369 e. The van der Waals surface area contributed by atoms with E-state index in [4.69, 9.17) is 5.73 Å². The van der Waals surface area contributed by atoms with Gasteiger partial charge in [0.2, 0.25) is 11.9 Å². The molecular formula is C11H12FIN4O. The molecule has 1 aromatic carbocycles. The minimum absolute atomic E-state index is 0.0510. The van der Waals surface area contributed by atoms with Gasteiger partial charge in [0, 0.05) is 20.2 Å². The van der Waals surface area contributed by atoms with Crippen LogP contribution in [-0.4, -0.2) is 34.5 Å². The highest BCUT2D eigenvalue weighted by atomic mass is 127. The molecule has 0 bridgehead atoms. The van der Waals surface area contributed by atoms with Crippen LogP contribution < -0.4 is 5.73 Å². The molecule has 96 valence electrons. The van der Waals surface area contributed by atoms with Crippen molar-refractivity contribution in [1.82, 2.24) is 14.5 Å². The quantitative estimate of drug-likeness (QED) is 0.823. The molecule has 2 N–H and O–H groups in total. The number of benzene rings is 1. The van der Waals surface area contributed by atoms with Crippen molar-refractivity contribution in [2.45, 2.75) is 6.54 Å². The van der Waals surface area contributed by atoms with Crippen LogP contribution in [0, 0.1) is 9.39 Å². The first-order chi connectivity index (χ1) is 8.40. The zero-order valence-electron chi connectivity index (χ0n) is 9.94. The number of carbonyl (C=O) groups excluding carboxylic acids is 1. The molecule has 5 nitrogen and oxygen atoms in total. The van der Waals surface area contributed by atoms with Gasteiger partial charge in [-0.3, -0.25) is 4.79 Å². The van der Waals surface area contributed by atoms with Crippen LogP contribution in [0.25, 0.3) is 11.0 Å². The van der Waals surface area contributed by atoms with Crippen LogP contribution >= 0.6 is 22.6 Å². The molecule has 0 aliphatic rings. The van der Waals surface area contributed by atoms with E-state index in [1.165, 1.54) is 15.5 Å². The molecule has 0 unspecified atom stereocenters. The third kappa shape index (κ3) is 2.26. The lowest BCUT2D eigenvalue weighted by molar-refractivity contribution is -0.129. The van der Waals surface area contributed by atoms with Gasteiger partial charge in [0.1, 0.15) is 12.4 Å². The molecule has 0 aliphatic heterocycles. The number of rotatable bonds is 2. The Morgan fingerprint density at radius 3 is 2.83 bits per heavy atom. The summed E-state index contributed by atoms with van der Waals surface area (Å²) in [4.78, 5) is 17.3. The fraction of sp³-hybridized carbons (Fsp3) is 0.273. The average molecular weight is 362 g/mol. The predicted molar refractivity (Wildman–Crippen MR) is 75.5 cm³/mol. The first kappa shape index (κ1) is 13.1. The zero-order chi connectivity index (χ0) is 13.4. The summed E-state index contributed by atoms with van der Waals surface area (Å²) in [6.07, 6.45) is 0. The van der Waals surface area contributed by atoms with Crippen molar-refractivity contribution >= 4 is 45.5 Å². The summed E-state index contributed by atoms with van der Waals surface area (Å²) in [5.74, 6) is -0.261. The third-order valence-electron chi connectivity index (χ3n) is 2.61. The van der Waals surface area contributed by atoms with E-state index in [-0.39, 0.29) is 24.2 Å². The molecule has 18 heavy (non-hydrogen) atoms. The number of fused-ring (bicyclic) bond motifs is 1. The standard InChI is InChI=1S/C11H12FIN4O/c1-16(2)10(18)5-17-9-3-6(12)7(13)4-8(9)15-11(17)14/h3-4H,5H2,1-2H3,(H2,14,15). The number of anilines is 1. The van der Waals surface area contributed by atoms with Gasteiger partial charge in [-0.05, 0) is 28.7 Å². The van der Waals surface area contributed by atoms with E-state index in [1.54, 1.807) is 20.2 Å². The summed E-state index contributed by atoms with van der Waals surface area (Å²) >= 11 is 1.89. The molecule has 0 saturated heterocycles. The van der Waals surface area contributed by atoms with E-state index in [2.05, 4.69) is 4.98 Å². The van der Waals surface area contributed by atoms with E-state index in [0.717, 1.165) is 0 Å². The monoisotopic (exact) mass is 362 g/mol. The maximum Gasteiger partial charge on any atom is 0.242 e. The SMILES string of the molecule is CN(C)C(=O)Cn1c(N)nc2cc(I)c(F)cc21. The summed E-state index contributed by atoms with van der Waals surface area (Å²) in [6, 6.07) is 2.96. The average Bonchev–Trinajstić information content (AvgIpc) is 2.56. The topological polar surface area (TPSA) is 64.2 Å². The molecule has 0 atom stereocenters. The van der Waals surface area contributed by atoms with Crippen molar-refractivity contribution in [1.29, 1.82) is 0 Å². The highest BCUT2D eigenvalue weighted by Crippen LogP contribution is 2.22. The highest BCUT2D eigenvalue weighted by molar-refractivity contribution is 14.1. The lowest BCUT2D eigenvalue weighted by Gasteiger charge is -2.12. The van der Waals surface area contributed by atoms with E-state index >= 15 is 0 Å². The van der Waals surface area contributed by atoms with E-state index in [1.807, 2.05) is 22.6 Å². The number of nitrogen functional groups attached to an aromatic ring is 1. The number of hydrogen-bond acceptors (Lipinski definition) is 3. The second-order valence-electron chi connectivity index (χ2n) is 4.10. The van der Waals surface area contributed by atoms with Crippen molar-refractivity contribution < 1.29 is 9.18 Å². The van der Waals surface area contributed by atoms with Crippen LogP contribution in [0.4, 0.5) is 10.3 Å². The Morgan fingerprint density at radius 1 is 1.56 bits per heavy atom. The molecule has 2 aromatic rings. The molecular weight excluding hydrogens is 350 g/mol. The van der Waals surface area contributed by atoms with E-state index in [0.29, 0.717) is 14.6 Å². The number of hydrogen-bond donors (Lipinski definition) is 1. The summed E-state index contributed by atoms with van der Waals surface area (Å²) < 4.78 is 15.5. The Hall–Kier alpha value is -1.38. The van der Waals surface area contributed by atoms with Gasteiger partial charge < -0.3 is 15.2 Å². The number of carbonyl (C=O) groups is 1. The fourth-order valence-electron chi connectivity index (χ4n) is 1.58. The van der Waals surface area contributed by atoms with Gasteiger partial charge in [-0.15, -0.1) is 0 Å². The van der Waals surface area contributed by atoms with Crippen LogP contribution in [0.1, 0.15) is 0 Å². The second kappa shape index (κ2) is 4.71.